The first kappa shape index (κ1) is 25.6. The Bertz CT molecular complexity index is 1280. The summed E-state index contributed by atoms with van der Waals surface area (Å²) in [6.45, 7) is 0.322. The van der Waals surface area contributed by atoms with E-state index in [1.54, 1.807) is 31.4 Å². The summed E-state index contributed by atoms with van der Waals surface area (Å²) in [5.74, 6) is 0.368. The molecule has 0 aliphatic carbocycles. The summed E-state index contributed by atoms with van der Waals surface area (Å²) in [4.78, 5) is 22.8. The average Bonchev–Trinajstić information content (AvgIpc) is 2.85. The summed E-state index contributed by atoms with van der Waals surface area (Å²) < 4.78 is 10.8. The average molecular weight is 512 g/mol. The molecule has 0 spiro atoms. The Morgan fingerprint density at radius 1 is 1.09 bits per heavy atom. The van der Waals surface area contributed by atoms with E-state index in [0.29, 0.717) is 16.9 Å². The minimum absolute atomic E-state index is 0.0257. The first-order chi connectivity index (χ1) is 16.8. The van der Waals surface area contributed by atoms with Crippen molar-refractivity contribution in [3.63, 3.8) is 0 Å². The van der Waals surface area contributed by atoms with Crippen molar-refractivity contribution in [2.75, 3.05) is 7.11 Å². The fraction of sp³-hybridized carbons (Fsp3) is 0.120. The third-order valence-electron chi connectivity index (χ3n) is 4.84. The monoisotopic (exact) mass is 511 g/mol. The maximum Gasteiger partial charge on any atom is 0.269 e. The predicted octanol–water partition coefficient (Wildman–Crippen LogP) is 5.71. The van der Waals surface area contributed by atoms with E-state index >= 15 is 0 Å². The van der Waals surface area contributed by atoms with Crippen molar-refractivity contribution in [2.45, 2.75) is 13.2 Å². The van der Waals surface area contributed by atoms with Gasteiger partial charge < -0.3 is 14.8 Å². The van der Waals surface area contributed by atoms with E-state index in [9.17, 15) is 20.2 Å². The Hall–Kier alpha value is -4.06. The number of rotatable bonds is 9. The Morgan fingerprint density at radius 2 is 1.69 bits per heavy atom. The van der Waals surface area contributed by atoms with Crippen LogP contribution in [-0.2, 0) is 17.9 Å². The number of nitro groups is 1. The van der Waals surface area contributed by atoms with Gasteiger partial charge in [0, 0.05) is 18.7 Å². The second-order valence-electron chi connectivity index (χ2n) is 7.23. The van der Waals surface area contributed by atoms with Gasteiger partial charge >= 0.3 is 0 Å². The number of methoxy groups -OCH3 is 1. The van der Waals surface area contributed by atoms with E-state index in [4.69, 9.17) is 32.7 Å². The molecule has 0 atom stereocenters. The summed E-state index contributed by atoms with van der Waals surface area (Å²) in [6, 6.07) is 18.0. The van der Waals surface area contributed by atoms with E-state index < -0.39 is 10.8 Å². The number of nitriles is 1. The van der Waals surface area contributed by atoms with Gasteiger partial charge in [-0.25, -0.2) is 0 Å². The lowest BCUT2D eigenvalue weighted by molar-refractivity contribution is -0.384. The van der Waals surface area contributed by atoms with Gasteiger partial charge in [-0.2, -0.15) is 5.26 Å². The fourth-order valence-electron chi connectivity index (χ4n) is 3.01. The molecule has 0 unspecified atom stereocenters. The van der Waals surface area contributed by atoms with Crippen molar-refractivity contribution in [3.8, 4) is 17.6 Å². The third-order valence-corrected chi connectivity index (χ3v) is 5.40. The van der Waals surface area contributed by atoms with Crippen molar-refractivity contribution in [1.29, 1.82) is 5.26 Å². The van der Waals surface area contributed by atoms with Crippen LogP contribution in [0, 0.1) is 21.4 Å². The molecular weight excluding hydrogens is 493 g/mol. The number of nitro benzene ring substituents is 1. The van der Waals surface area contributed by atoms with Gasteiger partial charge in [0.25, 0.3) is 11.6 Å². The summed E-state index contributed by atoms with van der Waals surface area (Å²) in [7, 11) is 1.57. The Kier molecular flexibility index (Phi) is 8.68. The molecule has 0 heterocycles. The van der Waals surface area contributed by atoms with Crippen LogP contribution in [0.1, 0.15) is 16.7 Å². The number of hydrogen-bond donors (Lipinski definition) is 1. The molecule has 8 nitrogen and oxygen atoms in total. The number of nitrogens with one attached hydrogen (secondary N) is 1. The molecule has 0 saturated carbocycles. The number of halogens is 2. The standard InChI is InChI=1S/C25H19Cl2N3O5/c1-34-21-8-4-16(5-9-21)14-29-25(31)19(13-28)10-18-11-22(26)24(23(27)12-18)35-15-17-2-6-20(7-3-17)30(32)33/h2-12H,14-15H2,1H3,(H,29,31)/b19-10-. The highest BCUT2D eigenvalue weighted by Gasteiger charge is 2.13. The predicted molar refractivity (Wildman–Crippen MR) is 132 cm³/mol. The van der Waals surface area contributed by atoms with Crippen LogP contribution in [0.25, 0.3) is 6.08 Å². The molecule has 3 aromatic rings. The number of ether oxygens (including phenoxy) is 2. The highest BCUT2D eigenvalue weighted by molar-refractivity contribution is 6.37. The van der Waals surface area contributed by atoms with Gasteiger partial charge in [-0.1, -0.05) is 35.3 Å². The van der Waals surface area contributed by atoms with Gasteiger partial charge in [0.05, 0.1) is 22.1 Å². The second-order valence-corrected chi connectivity index (χ2v) is 8.04. The van der Waals surface area contributed by atoms with Gasteiger partial charge in [0.2, 0.25) is 0 Å². The number of benzene rings is 3. The third kappa shape index (κ3) is 6.96. The minimum atomic E-state index is -0.547. The summed E-state index contributed by atoms with van der Waals surface area (Å²) in [6.07, 6.45) is 1.38. The summed E-state index contributed by atoms with van der Waals surface area (Å²) >= 11 is 12.6. The lowest BCUT2D eigenvalue weighted by Gasteiger charge is -2.11. The molecule has 0 saturated heterocycles. The Labute approximate surface area is 211 Å². The van der Waals surface area contributed by atoms with Gasteiger partial charge in [-0.05, 0) is 59.2 Å². The van der Waals surface area contributed by atoms with Crippen LogP contribution in [0.4, 0.5) is 5.69 Å². The van der Waals surface area contributed by atoms with E-state index in [1.807, 2.05) is 18.2 Å². The molecule has 3 aromatic carbocycles. The smallest absolute Gasteiger partial charge is 0.269 e. The van der Waals surface area contributed by atoms with Crippen LogP contribution in [0.15, 0.2) is 66.2 Å². The largest absolute Gasteiger partial charge is 0.497 e. The van der Waals surface area contributed by atoms with E-state index in [0.717, 1.165) is 5.56 Å². The van der Waals surface area contributed by atoms with E-state index in [1.165, 1.54) is 30.3 Å². The molecule has 0 fully saturated rings. The molecule has 0 radical (unpaired) electrons. The summed E-state index contributed by atoms with van der Waals surface area (Å²) in [5, 5.41) is 23.3. The van der Waals surface area contributed by atoms with E-state index in [2.05, 4.69) is 5.32 Å². The molecule has 0 aliphatic rings. The number of hydrogen-bond acceptors (Lipinski definition) is 6. The quantitative estimate of drug-likeness (QED) is 0.170. The highest BCUT2D eigenvalue weighted by atomic mass is 35.5. The van der Waals surface area contributed by atoms with Gasteiger partial charge in [-0.3, -0.25) is 14.9 Å². The molecule has 3 rings (SSSR count). The van der Waals surface area contributed by atoms with Crippen LogP contribution < -0.4 is 14.8 Å². The maximum atomic E-state index is 12.5. The number of non-ortho nitro benzene ring substituents is 1. The number of amides is 1. The first-order valence-corrected chi connectivity index (χ1v) is 10.9. The summed E-state index contributed by atoms with van der Waals surface area (Å²) in [5.41, 5.74) is 1.83. The number of nitrogens with zero attached hydrogens (tertiary/aromatic N) is 2. The van der Waals surface area contributed by atoms with Crippen molar-refractivity contribution in [3.05, 3.63) is 103 Å². The second kappa shape index (κ2) is 11.9. The van der Waals surface area contributed by atoms with Crippen LogP contribution in [-0.4, -0.2) is 17.9 Å². The zero-order valence-corrected chi connectivity index (χ0v) is 20.0. The number of carbonyl (C=O) groups excluding carboxylic acids is 1. The Morgan fingerprint density at radius 3 is 2.23 bits per heavy atom. The molecule has 0 aromatic heterocycles. The molecule has 10 heteroatoms. The van der Waals surface area contributed by atoms with Crippen LogP contribution in [0.2, 0.25) is 10.0 Å². The molecule has 0 aliphatic heterocycles. The maximum absolute atomic E-state index is 12.5. The van der Waals surface area contributed by atoms with Crippen molar-refractivity contribution in [1.82, 2.24) is 5.32 Å². The van der Waals surface area contributed by atoms with Crippen molar-refractivity contribution < 1.29 is 19.2 Å². The van der Waals surface area contributed by atoms with Crippen LogP contribution in [0.5, 0.6) is 11.5 Å². The molecule has 1 N–H and O–H groups in total. The van der Waals surface area contributed by atoms with E-state index in [-0.39, 0.29) is 40.2 Å². The number of carbonyl (C=O) groups is 1. The minimum Gasteiger partial charge on any atom is -0.497 e. The SMILES string of the molecule is COc1ccc(CNC(=O)/C(C#N)=C\c2cc(Cl)c(OCc3ccc([N+](=O)[O-])cc3)c(Cl)c2)cc1. The molecule has 0 bridgehead atoms. The zero-order valence-electron chi connectivity index (χ0n) is 18.5. The van der Waals surface area contributed by atoms with Crippen molar-refractivity contribution in [2.24, 2.45) is 0 Å². The fourth-order valence-corrected chi connectivity index (χ4v) is 3.62. The lowest BCUT2D eigenvalue weighted by Crippen LogP contribution is -2.23. The van der Waals surface area contributed by atoms with Crippen LogP contribution in [0.3, 0.4) is 0 Å². The normalized spacial score (nSPS) is 10.9. The van der Waals surface area contributed by atoms with Crippen LogP contribution >= 0.6 is 23.2 Å². The molecule has 178 valence electrons. The molecular formula is C25H19Cl2N3O5. The van der Waals surface area contributed by atoms with Gasteiger partial charge in [0.15, 0.2) is 5.75 Å². The topological polar surface area (TPSA) is 114 Å². The lowest BCUT2D eigenvalue weighted by atomic mass is 10.1. The highest BCUT2D eigenvalue weighted by Crippen LogP contribution is 2.35. The van der Waals surface area contributed by atoms with Crippen molar-refractivity contribution >= 4 is 40.9 Å². The zero-order chi connectivity index (χ0) is 25.4. The van der Waals surface area contributed by atoms with Gasteiger partial charge in [-0.15, -0.1) is 0 Å². The molecule has 35 heavy (non-hydrogen) atoms. The first-order valence-electron chi connectivity index (χ1n) is 10.2. The van der Waals surface area contributed by atoms with Gasteiger partial charge in [0.1, 0.15) is 24.0 Å². The molecule has 1 amide bonds. The Balaban J connectivity index is 1.67.